The van der Waals surface area contributed by atoms with Gasteiger partial charge in [0, 0.05) is 13.2 Å². The molecule has 0 amide bonds. The highest BCUT2D eigenvalue weighted by atomic mass is 16.6. The number of hydrogen-bond donors (Lipinski definition) is 1. The van der Waals surface area contributed by atoms with Crippen molar-refractivity contribution in [3.63, 3.8) is 0 Å². The van der Waals surface area contributed by atoms with Crippen molar-refractivity contribution in [1.82, 2.24) is 0 Å². The second-order valence-electron chi connectivity index (χ2n) is 4.57. The highest BCUT2D eigenvalue weighted by Crippen LogP contribution is 2.28. The summed E-state index contributed by atoms with van der Waals surface area (Å²) in [6.45, 7) is 2.85. The molecular weight excluding hydrogens is 180 g/mol. The Kier molecular flexibility index (Phi) is 3.79. The molecule has 1 unspecified atom stereocenters. The van der Waals surface area contributed by atoms with E-state index in [1.54, 1.807) is 0 Å². The lowest BCUT2D eigenvalue weighted by atomic mass is 9.82. The molecule has 0 aromatic rings. The number of ether oxygens (including phenoxy) is 2. The molecule has 1 saturated carbocycles. The van der Waals surface area contributed by atoms with Gasteiger partial charge in [0.15, 0.2) is 0 Å². The molecule has 1 aliphatic heterocycles. The minimum atomic E-state index is 0.349. The molecule has 3 heteroatoms. The summed E-state index contributed by atoms with van der Waals surface area (Å²) in [5.74, 6) is 1.19. The summed E-state index contributed by atoms with van der Waals surface area (Å²) in [5, 5.41) is 9.07. The molecule has 0 radical (unpaired) electrons. The zero-order chi connectivity index (χ0) is 9.80. The quantitative estimate of drug-likeness (QED) is 0.678. The average Bonchev–Trinajstić information content (AvgIpc) is 3.02. The zero-order valence-electron chi connectivity index (χ0n) is 8.65. The smallest absolute Gasteiger partial charge is 0.104 e. The Labute approximate surface area is 85.4 Å². The fourth-order valence-electron chi connectivity index (χ4n) is 2.25. The van der Waals surface area contributed by atoms with Crippen molar-refractivity contribution in [2.45, 2.75) is 31.8 Å². The first kappa shape index (κ1) is 10.4. The Bertz CT molecular complexity index is 168. The number of rotatable bonds is 5. The van der Waals surface area contributed by atoms with Crippen molar-refractivity contribution < 1.29 is 14.6 Å². The van der Waals surface area contributed by atoms with Crippen LogP contribution in [0.4, 0.5) is 0 Å². The van der Waals surface area contributed by atoms with Gasteiger partial charge in [-0.25, -0.2) is 0 Å². The molecule has 0 aromatic carbocycles. The molecule has 1 aliphatic carbocycles. The first-order valence-corrected chi connectivity index (χ1v) is 5.68. The summed E-state index contributed by atoms with van der Waals surface area (Å²) in [4.78, 5) is 0. The number of aliphatic hydroxyl groups is 1. The molecule has 0 bridgehead atoms. The zero-order valence-corrected chi connectivity index (χ0v) is 8.65. The van der Waals surface area contributed by atoms with E-state index in [0.29, 0.717) is 24.5 Å². The predicted molar refractivity (Wildman–Crippen MR) is 53.1 cm³/mol. The van der Waals surface area contributed by atoms with Gasteiger partial charge in [-0.05, 0) is 31.1 Å². The number of hydrogen-bond acceptors (Lipinski definition) is 3. The second kappa shape index (κ2) is 5.10. The van der Waals surface area contributed by atoms with Crippen LogP contribution in [0.3, 0.4) is 0 Å². The number of aliphatic hydroxyl groups excluding tert-OH is 1. The van der Waals surface area contributed by atoms with Crippen LogP contribution in [0.1, 0.15) is 25.7 Å². The van der Waals surface area contributed by atoms with Crippen LogP contribution in [0, 0.1) is 11.8 Å². The molecule has 1 N–H and O–H groups in total. The molecule has 0 aromatic heterocycles. The fourth-order valence-corrected chi connectivity index (χ4v) is 2.25. The van der Waals surface area contributed by atoms with Crippen molar-refractivity contribution in [3.8, 4) is 0 Å². The van der Waals surface area contributed by atoms with Crippen LogP contribution >= 0.6 is 0 Å². The summed E-state index contributed by atoms with van der Waals surface area (Å²) >= 11 is 0. The van der Waals surface area contributed by atoms with Crippen molar-refractivity contribution >= 4 is 0 Å². The van der Waals surface area contributed by atoms with Crippen LogP contribution in [-0.4, -0.2) is 37.6 Å². The fraction of sp³-hybridized carbons (Fsp3) is 1.00. The van der Waals surface area contributed by atoms with Gasteiger partial charge in [-0.2, -0.15) is 0 Å². The SMILES string of the molecule is OC[C@H]1CCC[C@H](COCC2CO2)C1. The third-order valence-electron chi connectivity index (χ3n) is 3.21. The van der Waals surface area contributed by atoms with E-state index in [9.17, 15) is 0 Å². The van der Waals surface area contributed by atoms with E-state index in [2.05, 4.69) is 0 Å². The summed E-state index contributed by atoms with van der Waals surface area (Å²) < 4.78 is 10.7. The lowest BCUT2D eigenvalue weighted by molar-refractivity contribution is 0.0556. The van der Waals surface area contributed by atoms with Gasteiger partial charge in [-0.3, -0.25) is 0 Å². The van der Waals surface area contributed by atoms with Crippen LogP contribution in [0.5, 0.6) is 0 Å². The largest absolute Gasteiger partial charge is 0.396 e. The number of epoxide rings is 1. The van der Waals surface area contributed by atoms with E-state index in [1.807, 2.05) is 0 Å². The van der Waals surface area contributed by atoms with Gasteiger partial charge in [0.05, 0.1) is 13.2 Å². The Hall–Kier alpha value is -0.120. The summed E-state index contributed by atoms with van der Waals surface area (Å²) in [5.41, 5.74) is 0. The Morgan fingerprint density at radius 2 is 2.00 bits per heavy atom. The molecule has 82 valence electrons. The highest BCUT2D eigenvalue weighted by Gasteiger charge is 2.25. The van der Waals surface area contributed by atoms with Gasteiger partial charge >= 0.3 is 0 Å². The molecule has 0 spiro atoms. The maximum absolute atomic E-state index is 9.07. The lowest BCUT2D eigenvalue weighted by Gasteiger charge is -2.27. The highest BCUT2D eigenvalue weighted by molar-refractivity contribution is 4.73. The molecular formula is C11H20O3. The van der Waals surface area contributed by atoms with Crippen LogP contribution in [0.25, 0.3) is 0 Å². The molecule has 2 aliphatic rings. The van der Waals surface area contributed by atoms with Gasteiger partial charge in [0.25, 0.3) is 0 Å². The van der Waals surface area contributed by atoms with E-state index >= 15 is 0 Å². The molecule has 2 rings (SSSR count). The molecule has 1 saturated heterocycles. The van der Waals surface area contributed by atoms with E-state index in [4.69, 9.17) is 14.6 Å². The minimum absolute atomic E-state index is 0.349. The van der Waals surface area contributed by atoms with Crippen molar-refractivity contribution in [1.29, 1.82) is 0 Å². The van der Waals surface area contributed by atoms with Gasteiger partial charge < -0.3 is 14.6 Å². The monoisotopic (exact) mass is 200 g/mol. The normalized spacial score (nSPS) is 37.1. The van der Waals surface area contributed by atoms with Crippen molar-refractivity contribution in [3.05, 3.63) is 0 Å². The van der Waals surface area contributed by atoms with Gasteiger partial charge in [-0.15, -0.1) is 0 Å². The standard InChI is InChI=1S/C11H20O3/c12-5-9-2-1-3-10(4-9)6-13-7-11-8-14-11/h9-12H,1-8H2/t9-,10-,11?/m0/s1. The van der Waals surface area contributed by atoms with Crippen LogP contribution in [0.15, 0.2) is 0 Å². The maximum Gasteiger partial charge on any atom is 0.104 e. The summed E-state index contributed by atoms with van der Waals surface area (Å²) in [6, 6.07) is 0. The van der Waals surface area contributed by atoms with Crippen LogP contribution in [-0.2, 0) is 9.47 Å². The topological polar surface area (TPSA) is 42.0 Å². The average molecular weight is 200 g/mol. The minimum Gasteiger partial charge on any atom is -0.396 e. The second-order valence-corrected chi connectivity index (χ2v) is 4.57. The molecule has 1 heterocycles. The Morgan fingerprint density at radius 1 is 1.21 bits per heavy atom. The van der Waals surface area contributed by atoms with E-state index in [0.717, 1.165) is 26.2 Å². The molecule has 3 atom stereocenters. The first-order valence-electron chi connectivity index (χ1n) is 5.68. The van der Waals surface area contributed by atoms with Crippen molar-refractivity contribution in [2.75, 3.05) is 26.4 Å². The van der Waals surface area contributed by atoms with Crippen LogP contribution in [0.2, 0.25) is 0 Å². The Morgan fingerprint density at radius 3 is 2.71 bits per heavy atom. The third kappa shape index (κ3) is 3.23. The molecule has 2 fully saturated rings. The maximum atomic E-state index is 9.07. The van der Waals surface area contributed by atoms with E-state index in [-0.39, 0.29) is 0 Å². The Balaban J connectivity index is 1.58. The molecule has 3 nitrogen and oxygen atoms in total. The van der Waals surface area contributed by atoms with Gasteiger partial charge in [-0.1, -0.05) is 6.42 Å². The summed E-state index contributed by atoms with van der Waals surface area (Å²) in [6.07, 6.45) is 5.23. The predicted octanol–water partition coefficient (Wildman–Crippen LogP) is 1.20. The summed E-state index contributed by atoms with van der Waals surface area (Å²) in [7, 11) is 0. The van der Waals surface area contributed by atoms with E-state index in [1.165, 1.54) is 19.3 Å². The van der Waals surface area contributed by atoms with Crippen LogP contribution < -0.4 is 0 Å². The van der Waals surface area contributed by atoms with E-state index < -0.39 is 0 Å². The lowest BCUT2D eigenvalue weighted by Crippen LogP contribution is -2.22. The molecule has 14 heavy (non-hydrogen) atoms. The van der Waals surface area contributed by atoms with Gasteiger partial charge in [0.2, 0.25) is 0 Å². The van der Waals surface area contributed by atoms with Gasteiger partial charge in [0.1, 0.15) is 6.10 Å². The third-order valence-corrected chi connectivity index (χ3v) is 3.21. The van der Waals surface area contributed by atoms with Crippen molar-refractivity contribution in [2.24, 2.45) is 11.8 Å². The first-order chi connectivity index (χ1) is 6.88.